The van der Waals surface area contributed by atoms with Crippen molar-refractivity contribution >= 4 is 12.0 Å². The van der Waals surface area contributed by atoms with E-state index in [1.54, 1.807) is 24.3 Å². The van der Waals surface area contributed by atoms with E-state index in [4.69, 9.17) is 4.74 Å². The van der Waals surface area contributed by atoms with Gasteiger partial charge in [0.15, 0.2) is 0 Å². The van der Waals surface area contributed by atoms with Crippen molar-refractivity contribution in [2.75, 3.05) is 6.61 Å². The molecule has 1 aliphatic carbocycles. The summed E-state index contributed by atoms with van der Waals surface area (Å²) in [6.07, 6.45) is 1.16. The van der Waals surface area contributed by atoms with Gasteiger partial charge in [0.25, 0.3) is 5.91 Å². The van der Waals surface area contributed by atoms with Gasteiger partial charge in [-0.05, 0) is 42.0 Å². The Morgan fingerprint density at radius 3 is 2.25 bits per heavy atom. The molecule has 0 unspecified atom stereocenters. The van der Waals surface area contributed by atoms with Gasteiger partial charge in [-0.15, -0.1) is 0 Å². The Kier molecular flexibility index (Phi) is 3.65. The second-order valence-electron chi connectivity index (χ2n) is 6.13. The summed E-state index contributed by atoms with van der Waals surface area (Å²) in [6.45, 7) is 0.189. The molecule has 1 heterocycles. The van der Waals surface area contributed by atoms with Crippen molar-refractivity contribution in [2.24, 2.45) is 0 Å². The number of hydrogen-bond donors (Lipinski definition) is 0. The molecule has 2 amide bonds. The maximum absolute atomic E-state index is 12.7. The van der Waals surface area contributed by atoms with Crippen LogP contribution in [0.25, 0.3) is 0 Å². The Morgan fingerprint density at radius 1 is 0.958 bits per heavy atom. The first kappa shape index (κ1) is 14.7. The van der Waals surface area contributed by atoms with Gasteiger partial charge in [0, 0.05) is 5.56 Å². The van der Waals surface area contributed by atoms with E-state index in [0.29, 0.717) is 11.5 Å². The standard InChI is InChI=1S/C20H17NO3/c22-19(15-9-5-2-6-10-15)21-18(13-24-20(21)23)17-11-16(12-17)14-7-3-1-4-8-14/h1-10,16H,11-13H2. The average molecular weight is 319 g/mol. The lowest BCUT2D eigenvalue weighted by Crippen LogP contribution is -2.32. The first-order valence-electron chi connectivity index (χ1n) is 8.06. The van der Waals surface area contributed by atoms with Crippen molar-refractivity contribution < 1.29 is 14.3 Å². The monoisotopic (exact) mass is 319 g/mol. The van der Waals surface area contributed by atoms with Crippen LogP contribution in [0.3, 0.4) is 0 Å². The Hall–Kier alpha value is -2.88. The summed E-state index contributed by atoms with van der Waals surface area (Å²) in [5, 5.41) is 0. The molecule has 0 bridgehead atoms. The highest BCUT2D eigenvalue weighted by Crippen LogP contribution is 2.44. The molecule has 4 heteroatoms. The molecule has 1 saturated heterocycles. The number of imide groups is 1. The lowest BCUT2D eigenvalue weighted by atomic mass is 9.75. The average Bonchev–Trinajstić information content (AvgIpc) is 2.96. The van der Waals surface area contributed by atoms with Crippen LogP contribution in [0.2, 0.25) is 0 Å². The van der Waals surface area contributed by atoms with Gasteiger partial charge in [0.2, 0.25) is 0 Å². The highest BCUT2D eigenvalue weighted by Gasteiger charge is 2.39. The zero-order valence-electron chi connectivity index (χ0n) is 13.1. The van der Waals surface area contributed by atoms with Crippen LogP contribution in [0, 0.1) is 0 Å². The van der Waals surface area contributed by atoms with Crippen LogP contribution in [0.1, 0.15) is 34.7 Å². The van der Waals surface area contributed by atoms with E-state index in [2.05, 4.69) is 12.1 Å². The maximum Gasteiger partial charge on any atom is 0.421 e. The normalized spacial score (nSPS) is 19.9. The van der Waals surface area contributed by atoms with E-state index in [1.807, 2.05) is 24.3 Å². The quantitative estimate of drug-likeness (QED) is 0.837. The minimum Gasteiger partial charge on any atom is -0.442 e. The van der Waals surface area contributed by atoms with E-state index < -0.39 is 6.09 Å². The predicted octanol–water partition coefficient (Wildman–Crippen LogP) is 4.11. The molecular weight excluding hydrogens is 302 g/mol. The largest absolute Gasteiger partial charge is 0.442 e. The summed E-state index contributed by atoms with van der Waals surface area (Å²) in [6, 6.07) is 19.2. The van der Waals surface area contributed by atoms with Crippen LogP contribution in [-0.2, 0) is 4.74 Å². The number of nitrogens with zero attached hydrogens (tertiary/aromatic N) is 1. The fourth-order valence-electron chi connectivity index (χ4n) is 3.28. The van der Waals surface area contributed by atoms with Crippen molar-refractivity contribution in [3.05, 3.63) is 83.1 Å². The van der Waals surface area contributed by atoms with Crippen LogP contribution in [0.4, 0.5) is 4.79 Å². The molecule has 2 aromatic carbocycles. The first-order valence-corrected chi connectivity index (χ1v) is 8.06. The fourth-order valence-corrected chi connectivity index (χ4v) is 3.28. The summed E-state index contributed by atoms with van der Waals surface area (Å²) in [4.78, 5) is 25.9. The number of allylic oxidation sites excluding steroid dienone is 1. The van der Waals surface area contributed by atoms with E-state index in [9.17, 15) is 9.59 Å². The molecule has 1 saturated carbocycles. The van der Waals surface area contributed by atoms with Gasteiger partial charge < -0.3 is 4.74 Å². The van der Waals surface area contributed by atoms with Gasteiger partial charge in [-0.1, -0.05) is 48.5 Å². The molecule has 0 spiro atoms. The molecule has 0 N–H and O–H groups in total. The predicted molar refractivity (Wildman–Crippen MR) is 89.4 cm³/mol. The molecule has 2 aromatic rings. The topological polar surface area (TPSA) is 46.6 Å². The molecule has 0 aromatic heterocycles. The third-order valence-electron chi connectivity index (χ3n) is 4.67. The van der Waals surface area contributed by atoms with Crippen LogP contribution in [0.5, 0.6) is 0 Å². The number of carbonyl (C=O) groups excluding carboxylic acids is 2. The Bertz CT molecular complexity index is 803. The van der Waals surface area contributed by atoms with Gasteiger partial charge in [0.1, 0.15) is 6.61 Å². The van der Waals surface area contributed by atoms with E-state index in [0.717, 1.165) is 24.1 Å². The highest BCUT2D eigenvalue weighted by atomic mass is 16.6. The van der Waals surface area contributed by atoms with E-state index >= 15 is 0 Å². The molecule has 0 radical (unpaired) electrons. The van der Waals surface area contributed by atoms with Crippen molar-refractivity contribution in [3.63, 3.8) is 0 Å². The Balaban J connectivity index is 1.57. The molecule has 2 aliphatic rings. The lowest BCUT2D eigenvalue weighted by Gasteiger charge is -2.32. The Labute approximate surface area is 140 Å². The van der Waals surface area contributed by atoms with Gasteiger partial charge in [-0.25, -0.2) is 9.69 Å². The molecular formula is C20H17NO3. The molecule has 1 aliphatic heterocycles. The smallest absolute Gasteiger partial charge is 0.421 e. The zero-order valence-corrected chi connectivity index (χ0v) is 13.1. The van der Waals surface area contributed by atoms with Crippen LogP contribution < -0.4 is 0 Å². The third kappa shape index (κ3) is 2.50. The summed E-state index contributed by atoms with van der Waals surface area (Å²) >= 11 is 0. The van der Waals surface area contributed by atoms with Crippen LogP contribution >= 0.6 is 0 Å². The third-order valence-corrected chi connectivity index (χ3v) is 4.67. The lowest BCUT2D eigenvalue weighted by molar-refractivity contribution is 0.0828. The second kappa shape index (κ2) is 5.96. The van der Waals surface area contributed by atoms with E-state index in [-0.39, 0.29) is 12.5 Å². The van der Waals surface area contributed by atoms with Crippen molar-refractivity contribution in [3.8, 4) is 0 Å². The molecule has 120 valence electrons. The van der Waals surface area contributed by atoms with E-state index in [1.165, 1.54) is 10.5 Å². The number of amides is 2. The van der Waals surface area contributed by atoms with Gasteiger partial charge in [-0.3, -0.25) is 4.79 Å². The molecule has 0 atom stereocenters. The summed E-state index contributed by atoms with van der Waals surface area (Å²) in [7, 11) is 0. The van der Waals surface area contributed by atoms with Crippen LogP contribution in [-0.4, -0.2) is 23.5 Å². The number of ether oxygens (including phenoxy) is 1. The molecule has 2 fully saturated rings. The molecule has 24 heavy (non-hydrogen) atoms. The number of carbonyl (C=O) groups is 2. The summed E-state index contributed by atoms with van der Waals surface area (Å²) in [5.74, 6) is 0.141. The molecule has 4 nitrogen and oxygen atoms in total. The van der Waals surface area contributed by atoms with Crippen molar-refractivity contribution in [1.29, 1.82) is 0 Å². The highest BCUT2D eigenvalue weighted by molar-refractivity contribution is 6.05. The Morgan fingerprint density at radius 2 is 1.58 bits per heavy atom. The van der Waals surface area contributed by atoms with Gasteiger partial charge in [-0.2, -0.15) is 0 Å². The van der Waals surface area contributed by atoms with Gasteiger partial charge in [0.05, 0.1) is 5.70 Å². The zero-order chi connectivity index (χ0) is 16.5. The number of hydrogen-bond acceptors (Lipinski definition) is 3. The minimum absolute atomic E-state index is 0.189. The SMILES string of the molecule is O=C1OCC(=C2CC(c3ccccc3)C2)N1C(=O)c1ccccc1. The number of cyclic esters (lactones) is 1. The maximum atomic E-state index is 12.7. The first-order chi connectivity index (χ1) is 11.7. The second-order valence-corrected chi connectivity index (χ2v) is 6.13. The summed E-state index contributed by atoms with van der Waals surface area (Å²) in [5.41, 5.74) is 3.65. The number of rotatable bonds is 2. The van der Waals surface area contributed by atoms with Gasteiger partial charge >= 0.3 is 6.09 Å². The van der Waals surface area contributed by atoms with Crippen molar-refractivity contribution in [1.82, 2.24) is 4.90 Å². The fraction of sp³-hybridized carbons (Fsp3) is 0.200. The summed E-state index contributed by atoms with van der Waals surface area (Å²) < 4.78 is 5.13. The molecule has 4 rings (SSSR count). The minimum atomic E-state index is -0.575. The number of benzene rings is 2. The van der Waals surface area contributed by atoms with Crippen LogP contribution in [0.15, 0.2) is 71.9 Å². The van der Waals surface area contributed by atoms with Crippen molar-refractivity contribution in [2.45, 2.75) is 18.8 Å².